The van der Waals surface area contributed by atoms with Crippen LogP contribution in [0.3, 0.4) is 0 Å². The number of aromatic nitrogens is 1. The first-order valence-electron chi connectivity index (χ1n) is 11.4. The Balaban J connectivity index is 1.34. The molecule has 192 valence electrons. The number of carbonyl (C=O) groups excluding carboxylic acids is 2. The minimum absolute atomic E-state index is 0.0104. The maximum atomic E-state index is 14.6. The molecule has 0 aliphatic carbocycles. The van der Waals surface area contributed by atoms with Crippen molar-refractivity contribution < 1.29 is 37.7 Å². The highest BCUT2D eigenvalue weighted by molar-refractivity contribution is 5.96. The summed E-state index contributed by atoms with van der Waals surface area (Å²) in [6.45, 7) is 1.39. The Morgan fingerprint density at radius 3 is 2.70 bits per heavy atom. The largest absolute Gasteiger partial charge is 0.479 e. The highest BCUT2D eigenvalue weighted by atomic mass is 19.1. The van der Waals surface area contributed by atoms with Crippen molar-refractivity contribution in [2.24, 2.45) is 0 Å². The first-order valence-corrected chi connectivity index (χ1v) is 11.4. The summed E-state index contributed by atoms with van der Waals surface area (Å²) in [6, 6.07) is 16.9. The summed E-state index contributed by atoms with van der Waals surface area (Å²) in [4.78, 5) is 28.4. The zero-order valence-electron chi connectivity index (χ0n) is 20.2. The molecule has 1 aliphatic heterocycles. The molecule has 1 aromatic heterocycles. The van der Waals surface area contributed by atoms with Gasteiger partial charge in [-0.05, 0) is 30.7 Å². The van der Waals surface area contributed by atoms with Crippen molar-refractivity contribution in [2.45, 2.75) is 32.3 Å². The van der Waals surface area contributed by atoms with Crippen LogP contribution in [-0.2, 0) is 32.0 Å². The van der Waals surface area contributed by atoms with E-state index in [-0.39, 0.29) is 35.2 Å². The molecule has 0 fully saturated rings. The predicted molar refractivity (Wildman–Crippen MR) is 129 cm³/mol. The van der Waals surface area contributed by atoms with Crippen molar-refractivity contribution in [3.8, 4) is 11.6 Å². The topological polar surface area (TPSA) is 105 Å². The summed E-state index contributed by atoms with van der Waals surface area (Å²) >= 11 is 0. The number of methoxy groups -OCH3 is 1. The summed E-state index contributed by atoms with van der Waals surface area (Å²) in [7, 11) is 1.24. The third-order valence-electron chi connectivity index (χ3n) is 5.33. The zero-order valence-corrected chi connectivity index (χ0v) is 20.2. The fraction of sp³-hybridized carbons (Fsp3) is 0.222. The maximum Gasteiger partial charge on any atom is 0.346 e. The quantitative estimate of drug-likeness (QED) is 0.412. The van der Waals surface area contributed by atoms with E-state index in [9.17, 15) is 14.0 Å². The fourth-order valence-corrected chi connectivity index (χ4v) is 3.43. The van der Waals surface area contributed by atoms with Crippen LogP contribution in [0.4, 0.5) is 4.39 Å². The van der Waals surface area contributed by atoms with Crippen LogP contribution in [-0.4, -0.2) is 36.4 Å². The van der Waals surface area contributed by atoms with Gasteiger partial charge in [0.1, 0.15) is 17.1 Å². The number of nitrogens with zero attached hydrogens (tertiary/aromatic N) is 1. The van der Waals surface area contributed by atoms with Crippen molar-refractivity contribution in [2.75, 3.05) is 7.11 Å². The van der Waals surface area contributed by atoms with Gasteiger partial charge < -0.3 is 29.0 Å². The lowest BCUT2D eigenvalue weighted by Gasteiger charge is -2.14. The number of benzene rings is 2. The third kappa shape index (κ3) is 6.75. The summed E-state index contributed by atoms with van der Waals surface area (Å²) in [5, 5.41) is 2.65. The second-order valence-corrected chi connectivity index (χ2v) is 7.99. The van der Waals surface area contributed by atoms with Crippen LogP contribution < -0.4 is 14.8 Å². The number of halogens is 1. The number of nitrogens with one attached hydrogen (secondary N) is 1. The molecule has 37 heavy (non-hydrogen) atoms. The van der Waals surface area contributed by atoms with Gasteiger partial charge in [-0.1, -0.05) is 36.4 Å². The van der Waals surface area contributed by atoms with E-state index in [4.69, 9.17) is 18.9 Å². The smallest absolute Gasteiger partial charge is 0.346 e. The Kier molecular flexibility index (Phi) is 8.19. The first-order chi connectivity index (χ1) is 17.9. The van der Waals surface area contributed by atoms with E-state index < -0.39 is 30.1 Å². The predicted octanol–water partition coefficient (Wildman–Crippen LogP) is 3.88. The monoisotopic (exact) mass is 508 g/mol. The van der Waals surface area contributed by atoms with E-state index in [0.29, 0.717) is 6.42 Å². The van der Waals surface area contributed by atoms with Gasteiger partial charge >= 0.3 is 11.9 Å². The Labute approximate surface area is 212 Å². The molecule has 0 bridgehead atoms. The minimum Gasteiger partial charge on any atom is -0.479 e. The number of carbonyl (C=O) groups is 2. The number of amides is 1. The molecule has 2 atom stereocenters. The standard InChI is InChI=1S/C27H25FN2O7/c1-17(27(32)33-2)35-20-11-10-19(22(28)14-20)15-30-25(31)21-9-6-12-29-26(21)37-24-16-34-23(36-24)13-18-7-4-3-5-8-18/h3-12,14,16-17,23H,13,15H2,1-2H3,(H,30,31)/t17-,23?/m1/s1. The molecule has 0 saturated carbocycles. The number of rotatable bonds is 10. The van der Waals surface area contributed by atoms with Gasteiger partial charge in [0.05, 0.1) is 7.11 Å². The number of esters is 1. The Morgan fingerprint density at radius 2 is 1.95 bits per heavy atom. The normalized spacial score (nSPS) is 15.0. The van der Waals surface area contributed by atoms with Crippen LogP contribution in [0.2, 0.25) is 0 Å². The van der Waals surface area contributed by atoms with E-state index in [2.05, 4.69) is 15.0 Å². The molecule has 1 N–H and O–H groups in total. The molecule has 0 spiro atoms. The van der Waals surface area contributed by atoms with Gasteiger partial charge in [-0.15, -0.1) is 0 Å². The molecular weight excluding hydrogens is 483 g/mol. The Hall–Kier alpha value is -4.60. The van der Waals surface area contributed by atoms with Crippen LogP contribution in [0, 0.1) is 5.82 Å². The SMILES string of the molecule is COC(=O)[C@@H](C)Oc1ccc(CNC(=O)c2cccnc2OC2=COC(Cc3ccccc3)O2)c(F)c1. The van der Waals surface area contributed by atoms with E-state index in [1.54, 1.807) is 6.07 Å². The molecule has 4 rings (SSSR count). The molecule has 0 radical (unpaired) electrons. The summed E-state index contributed by atoms with van der Waals surface area (Å²) in [5.74, 6) is -1.48. The Bertz CT molecular complexity index is 1280. The second kappa shape index (κ2) is 11.9. The molecule has 1 aliphatic rings. The van der Waals surface area contributed by atoms with Gasteiger partial charge in [0.15, 0.2) is 12.4 Å². The third-order valence-corrected chi connectivity index (χ3v) is 5.33. The van der Waals surface area contributed by atoms with Gasteiger partial charge in [-0.2, -0.15) is 0 Å². The van der Waals surface area contributed by atoms with Crippen LogP contribution in [0.1, 0.15) is 28.4 Å². The van der Waals surface area contributed by atoms with Gasteiger partial charge in [0, 0.05) is 30.8 Å². The van der Waals surface area contributed by atoms with Crippen molar-refractivity contribution in [3.63, 3.8) is 0 Å². The van der Waals surface area contributed by atoms with Gasteiger partial charge in [-0.3, -0.25) is 4.79 Å². The number of hydrogen-bond acceptors (Lipinski definition) is 8. The number of hydrogen-bond donors (Lipinski definition) is 1. The van der Waals surface area contributed by atoms with E-state index in [0.717, 1.165) is 11.6 Å². The van der Waals surface area contributed by atoms with Crippen LogP contribution in [0.25, 0.3) is 0 Å². The molecule has 1 unspecified atom stereocenters. The van der Waals surface area contributed by atoms with Crippen molar-refractivity contribution in [3.05, 3.63) is 102 Å². The molecule has 9 nitrogen and oxygen atoms in total. The van der Waals surface area contributed by atoms with Crippen molar-refractivity contribution >= 4 is 11.9 Å². The minimum atomic E-state index is -0.892. The molecule has 2 heterocycles. The van der Waals surface area contributed by atoms with Gasteiger partial charge in [-0.25, -0.2) is 14.2 Å². The first kappa shape index (κ1) is 25.5. The molecular formula is C27H25FN2O7. The van der Waals surface area contributed by atoms with Crippen LogP contribution in [0.15, 0.2) is 79.1 Å². The molecule has 0 saturated heterocycles. The molecule has 10 heteroatoms. The second-order valence-electron chi connectivity index (χ2n) is 7.99. The van der Waals surface area contributed by atoms with Crippen molar-refractivity contribution in [1.29, 1.82) is 0 Å². The zero-order chi connectivity index (χ0) is 26.2. The molecule has 3 aromatic rings. The van der Waals surface area contributed by atoms with E-state index in [1.807, 2.05) is 30.3 Å². The summed E-state index contributed by atoms with van der Waals surface area (Å²) in [6.07, 6.45) is 1.85. The number of ether oxygens (including phenoxy) is 5. The van der Waals surface area contributed by atoms with Gasteiger partial charge in [0.25, 0.3) is 5.91 Å². The van der Waals surface area contributed by atoms with Crippen LogP contribution in [0.5, 0.6) is 11.6 Å². The highest BCUT2D eigenvalue weighted by Crippen LogP contribution is 2.24. The van der Waals surface area contributed by atoms with Gasteiger partial charge in [0.2, 0.25) is 12.2 Å². The van der Waals surface area contributed by atoms with Crippen LogP contribution >= 0.6 is 0 Å². The fourth-order valence-electron chi connectivity index (χ4n) is 3.43. The summed E-state index contributed by atoms with van der Waals surface area (Å²) < 4.78 is 41.3. The lowest BCUT2D eigenvalue weighted by Crippen LogP contribution is -2.25. The van der Waals surface area contributed by atoms with E-state index >= 15 is 0 Å². The van der Waals surface area contributed by atoms with E-state index in [1.165, 1.54) is 44.7 Å². The average molecular weight is 509 g/mol. The summed E-state index contributed by atoms with van der Waals surface area (Å²) in [5.41, 5.74) is 1.38. The lowest BCUT2D eigenvalue weighted by molar-refractivity contribution is -0.147. The average Bonchev–Trinajstić information content (AvgIpc) is 3.34. The lowest BCUT2D eigenvalue weighted by atomic mass is 10.1. The number of pyridine rings is 1. The molecule has 1 amide bonds. The highest BCUT2D eigenvalue weighted by Gasteiger charge is 2.24. The molecule has 2 aromatic carbocycles. The Morgan fingerprint density at radius 1 is 1.14 bits per heavy atom. The maximum absolute atomic E-state index is 14.6. The van der Waals surface area contributed by atoms with Crippen molar-refractivity contribution in [1.82, 2.24) is 10.3 Å².